The number of hydrogen-bond acceptors (Lipinski definition) is 5. The molecule has 0 atom stereocenters. The van der Waals surface area contributed by atoms with E-state index in [2.05, 4.69) is 17.0 Å². The molecule has 8 heteroatoms. The van der Waals surface area contributed by atoms with Gasteiger partial charge in [-0.05, 0) is 49.6 Å². The summed E-state index contributed by atoms with van der Waals surface area (Å²) in [7, 11) is 0. The maximum atomic E-state index is 13.6. The smallest absolute Gasteiger partial charge is 0.225 e. The maximum Gasteiger partial charge on any atom is 0.225 e. The molecule has 2 aromatic heterocycles. The first-order valence-corrected chi connectivity index (χ1v) is 12.2. The number of aromatic nitrogens is 4. The van der Waals surface area contributed by atoms with Gasteiger partial charge in [0.15, 0.2) is 5.65 Å². The second kappa shape index (κ2) is 8.76. The lowest BCUT2D eigenvalue weighted by atomic mass is 10.1. The van der Waals surface area contributed by atoms with E-state index in [4.69, 9.17) is 15.1 Å². The van der Waals surface area contributed by atoms with Crippen molar-refractivity contribution in [3.8, 4) is 5.69 Å². The fourth-order valence-electron chi connectivity index (χ4n) is 4.78. The lowest BCUT2D eigenvalue weighted by Crippen LogP contribution is -2.49. The number of halogens is 1. The third kappa shape index (κ3) is 4.24. The zero-order valence-electron chi connectivity index (χ0n) is 19.7. The van der Waals surface area contributed by atoms with Crippen LogP contribution in [0.1, 0.15) is 29.9 Å². The van der Waals surface area contributed by atoms with E-state index in [9.17, 15) is 9.18 Å². The van der Waals surface area contributed by atoms with E-state index in [1.54, 1.807) is 16.8 Å². The first kappa shape index (κ1) is 21.7. The first-order valence-electron chi connectivity index (χ1n) is 12.2. The Labute approximate surface area is 203 Å². The van der Waals surface area contributed by atoms with Crippen LogP contribution in [0.2, 0.25) is 0 Å². The van der Waals surface area contributed by atoms with Gasteiger partial charge in [0.25, 0.3) is 0 Å². The number of fused-ring (bicyclic) bond motifs is 1. The van der Waals surface area contributed by atoms with Gasteiger partial charge in [-0.3, -0.25) is 4.79 Å². The lowest BCUT2D eigenvalue weighted by molar-refractivity contribution is -0.132. The fraction of sp³-hybridized carbons (Fsp3) is 0.333. The molecule has 2 fully saturated rings. The Morgan fingerprint density at radius 2 is 1.69 bits per heavy atom. The van der Waals surface area contributed by atoms with Crippen molar-refractivity contribution in [2.45, 2.75) is 26.2 Å². The van der Waals surface area contributed by atoms with Gasteiger partial charge in [0.05, 0.1) is 16.8 Å². The molecule has 1 saturated heterocycles. The molecule has 1 aliphatic heterocycles. The van der Waals surface area contributed by atoms with Gasteiger partial charge in [0.2, 0.25) is 5.91 Å². The molecule has 0 radical (unpaired) electrons. The molecule has 6 rings (SSSR count). The van der Waals surface area contributed by atoms with Crippen LogP contribution in [0.5, 0.6) is 0 Å². The van der Waals surface area contributed by atoms with E-state index in [1.807, 2.05) is 30.0 Å². The maximum absolute atomic E-state index is 13.6. The topological polar surface area (TPSA) is 67.2 Å². The largest absolute Gasteiger partial charge is 0.352 e. The Morgan fingerprint density at radius 1 is 0.971 bits per heavy atom. The lowest BCUT2D eigenvalue weighted by Gasteiger charge is -2.36. The van der Waals surface area contributed by atoms with Crippen LogP contribution in [-0.4, -0.2) is 56.7 Å². The monoisotopic (exact) mass is 470 g/mol. The zero-order chi connectivity index (χ0) is 23.9. The minimum absolute atomic E-state index is 0.237. The van der Waals surface area contributed by atoms with Crippen LogP contribution in [0.4, 0.5) is 10.2 Å². The van der Waals surface area contributed by atoms with Crippen molar-refractivity contribution in [1.82, 2.24) is 24.6 Å². The molecule has 35 heavy (non-hydrogen) atoms. The van der Waals surface area contributed by atoms with Crippen molar-refractivity contribution in [3.63, 3.8) is 0 Å². The number of hydrogen-bond donors (Lipinski definition) is 0. The van der Waals surface area contributed by atoms with E-state index < -0.39 is 0 Å². The minimum atomic E-state index is -0.291. The highest BCUT2D eigenvalue weighted by atomic mass is 19.1. The number of aryl methyl sites for hydroxylation is 1. The molecule has 4 aromatic rings. The molecule has 7 nitrogen and oxygen atoms in total. The molecule has 3 heterocycles. The third-order valence-electron chi connectivity index (χ3n) is 6.82. The molecular weight excluding hydrogens is 443 g/mol. The van der Waals surface area contributed by atoms with Crippen LogP contribution in [0.3, 0.4) is 0 Å². The first-order chi connectivity index (χ1) is 17.1. The normalized spacial score (nSPS) is 16.2. The van der Waals surface area contributed by atoms with E-state index in [-0.39, 0.29) is 11.7 Å². The van der Waals surface area contributed by atoms with Crippen molar-refractivity contribution in [1.29, 1.82) is 0 Å². The Hall–Kier alpha value is -3.81. The standard InChI is InChI=1S/C27H27FN6O/c1-18-24-25(32-13-15-33(16-14-32)27(35)20-7-8-20)29-23(17-19-5-3-2-4-6-19)30-26(24)34(31-18)22-11-9-21(28)10-12-22/h2-6,9-12,20H,7-8,13-17H2,1H3. The number of benzene rings is 2. The number of carbonyl (C=O) groups excluding carboxylic acids is 1. The number of rotatable bonds is 5. The molecule has 178 valence electrons. The van der Waals surface area contributed by atoms with E-state index >= 15 is 0 Å². The van der Waals surface area contributed by atoms with Gasteiger partial charge in [-0.1, -0.05) is 30.3 Å². The minimum Gasteiger partial charge on any atom is -0.352 e. The van der Waals surface area contributed by atoms with Crippen LogP contribution < -0.4 is 4.90 Å². The van der Waals surface area contributed by atoms with E-state index in [0.29, 0.717) is 36.9 Å². The van der Waals surface area contributed by atoms with Crippen LogP contribution in [-0.2, 0) is 11.2 Å². The summed E-state index contributed by atoms with van der Waals surface area (Å²) in [6.07, 6.45) is 2.64. The van der Waals surface area contributed by atoms with Gasteiger partial charge in [-0.2, -0.15) is 5.10 Å². The van der Waals surface area contributed by atoms with Gasteiger partial charge in [0.1, 0.15) is 17.5 Å². The van der Waals surface area contributed by atoms with Crippen molar-refractivity contribution in [2.24, 2.45) is 5.92 Å². The summed E-state index contributed by atoms with van der Waals surface area (Å²) in [6, 6.07) is 16.4. The molecule has 1 saturated carbocycles. The highest BCUT2D eigenvalue weighted by Crippen LogP contribution is 2.33. The molecule has 0 N–H and O–H groups in total. The second-order valence-electron chi connectivity index (χ2n) is 9.38. The zero-order valence-corrected chi connectivity index (χ0v) is 19.7. The molecule has 2 aromatic carbocycles. The van der Waals surface area contributed by atoms with E-state index in [0.717, 1.165) is 54.1 Å². The Kier molecular flexibility index (Phi) is 5.43. The summed E-state index contributed by atoms with van der Waals surface area (Å²) < 4.78 is 15.4. The quantitative estimate of drug-likeness (QED) is 0.442. The summed E-state index contributed by atoms with van der Waals surface area (Å²) in [4.78, 5) is 26.7. The average molecular weight is 471 g/mol. The molecule has 0 bridgehead atoms. The van der Waals surface area contributed by atoms with Crippen LogP contribution in [0.25, 0.3) is 16.7 Å². The van der Waals surface area contributed by atoms with Gasteiger partial charge in [-0.15, -0.1) is 0 Å². The van der Waals surface area contributed by atoms with E-state index in [1.165, 1.54) is 12.1 Å². The second-order valence-corrected chi connectivity index (χ2v) is 9.38. The summed E-state index contributed by atoms with van der Waals surface area (Å²) in [5.74, 6) is 1.80. The number of piperazine rings is 1. The molecular formula is C27H27FN6O. The van der Waals surface area contributed by atoms with Gasteiger partial charge in [0, 0.05) is 38.5 Å². The molecule has 0 unspecified atom stereocenters. The van der Waals surface area contributed by atoms with Gasteiger partial charge >= 0.3 is 0 Å². The van der Waals surface area contributed by atoms with Crippen molar-refractivity contribution >= 4 is 22.8 Å². The van der Waals surface area contributed by atoms with Crippen LogP contribution in [0.15, 0.2) is 54.6 Å². The van der Waals surface area contributed by atoms with Crippen molar-refractivity contribution in [2.75, 3.05) is 31.1 Å². The highest BCUT2D eigenvalue weighted by Gasteiger charge is 2.35. The van der Waals surface area contributed by atoms with Gasteiger partial charge in [-0.25, -0.2) is 19.0 Å². The highest BCUT2D eigenvalue weighted by molar-refractivity contribution is 5.91. The van der Waals surface area contributed by atoms with Crippen molar-refractivity contribution in [3.05, 3.63) is 77.5 Å². The predicted molar refractivity (Wildman–Crippen MR) is 132 cm³/mol. The fourth-order valence-corrected chi connectivity index (χ4v) is 4.78. The van der Waals surface area contributed by atoms with Crippen LogP contribution in [0, 0.1) is 18.7 Å². The number of nitrogens with zero attached hydrogens (tertiary/aromatic N) is 6. The average Bonchev–Trinajstić information content (AvgIpc) is 3.68. The molecule has 0 spiro atoms. The SMILES string of the molecule is Cc1nn(-c2ccc(F)cc2)c2nc(Cc3ccccc3)nc(N3CCN(C(=O)C4CC4)CC3)c12. The molecule has 1 aliphatic carbocycles. The molecule has 1 amide bonds. The van der Waals surface area contributed by atoms with Crippen LogP contribution >= 0.6 is 0 Å². The Bertz CT molecular complexity index is 1370. The molecule has 2 aliphatic rings. The summed E-state index contributed by atoms with van der Waals surface area (Å²) in [6.45, 7) is 4.78. The number of anilines is 1. The summed E-state index contributed by atoms with van der Waals surface area (Å²) in [5, 5.41) is 5.66. The Balaban J connectivity index is 1.41. The summed E-state index contributed by atoms with van der Waals surface area (Å²) >= 11 is 0. The van der Waals surface area contributed by atoms with Gasteiger partial charge < -0.3 is 9.80 Å². The number of carbonyl (C=O) groups is 1. The number of amides is 1. The summed E-state index contributed by atoms with van der Waals surface area (Å²) in [5.41, 5.74) is 3.41. The van der Waals surface area contributed by atoms with Crippen molar-refractivity contribution < 1.29 is 9.18 Å². The third-order valence-corrected chi connectivity index (χ3v) is 6.82. The predicted octanol–water partition coefficient (Wildman–Crippen LogP) is 3.91. The Morgan fingerprint density at radius 3 is 2.37 bits per heavy atom.